The molecule has 1 aromatic heterocycles. The minimum Gasteiger partial charge on any atom is -0.494 e. The molecule has 0 radical (unpaired) electrons. The van der Waals surface area contributed by atoms with Gasteiger partial charge in [0.15, 0.2) is 5.88 Å². The highest BCUT2D eigenvalue weighted by Crippen LogP contribution is 2.28. The molecule has 3 heteroatoms. The zero-order valence-electron chi connectivity index (χ0n) is 11.3. The van der Waals surface area contributed by atoms with Crippen molar-refractivity contribution in [2.45, 2.75) is 13.3 Å². The monoisotopic (exact) mass is 264 g/mol. The quantitative estimate of drug-likeness (QED) is 0.619. The predicted molar refractivity (Wildman–Crippen MR) is 81.7 cm³/mol. The van der Waals surface area contributed by atoms with Crippen LogP contribution in [-0.4, -0.2) is 15.8 Å². The second kappa shape index (κ2) is 4.85. The smallest absolute Gasteiger partial charge is 0.193 e. The molecule has 0 aliphatic carbocycles. The maximum atomic E-state index is 10.0. The highest BCUT2D eigenvalue weighted by Gasteiger charge is 2.13. The van der Waals surface area contributed by atoms with Crippen LogP contribution in [0.15, 0.2) is 48.5 Å². The fourth-order valence-corrected chi connectivity index (χ4v) is 2.40. The number of benzene rings is 2. The van der Waals surface area contributed by atoms with Crippen molar-refractivity contribution in [2.24, 2.45) is 0 Å². The normalized spacial score (nSPS) is 10.8. The van der Waals surface area contributed by atoms with Crippen molar-refractivity contribution >= 4 is 16.6 Å². The van der Waals surface area contributed by atoms with Gasteiger partial charge in [-0.05, 0) is 18.6 Å². The Morgan fingerprint density at radius 2 is 1.80 bits per heavy atom. The number of nitrogens with one attached hydrogen (secondary N) is 2. The first-order valence-corrected chi connectivity index (χ1v) is 6.58. The van der Waals surface area contributed by atoms with Crippen LogP contribution in [0.25, 0.3) is 10.9 Å². The molecule has 3 rings (SSSR count). The van der Waals surface area contributed by atoms with E-state index in [4.69, 9.17) is 5.41 Å². The molecule has 20 heavy (non-hydrogen) atoms. The van der Waals surface area contributed by atoms with Gasteiger partial charge in [0.2, 0.25) is 0 Å². The van der Waals surface area contributed by atoms with Crippen molar-refractivity contribution in [1.29, 1.82) is 5.41 Å². The molecule has 0 aliphatic rings. The average molecular weight is 264 g/mol. The number of hydrogen-bond acceptors (Lipinski definition) is 2. The highest BCUT2D eigenvalue weighted by atomic mass is 16.3. The van der Waals surface area contributed by atoms with E-state index in [-0.39, 0.29) is 5.88 Å². The molecule has 0 saturated carbocycles. The predicted octanol–water partition coefficient (Wildman–Crippen LogP) is 3.79. The summed E-state index contributed by atoms with van der Waals surface area (Å²) in [5, 5.41) is 19.2. The number of H-pyrrole nitrogens is 1. The summed E-state index contributed by atoms with van der Waals surface area (Å²) in [7, 11) is 0. The summed E-state index contributed by atoms with van der Waals surface area (Å²) in [5.74, 6) is 0.156. The Bertz CT molecular complexity index is 769. The highest BCUT2D eigenvalue weighted by molar-refractivity contribution is 6.02. The number of aromatic amines is 1. The third-order valence-electron chi connectivity index (χ3n) is 3.54. The van der Waals surface area contributed by atoms with Gasteiger partial charge >= 0.3 is 0 Å². The summed E-state index contributed by atoms with van der Waals surface area (Å²) in [6.45, 7) is 2.03. The van der Waals surface area contributed by atoms with Gasteiger partial charge in [-0.25, -0.2) is 0 Å². The van der Waals surface area contributed by atoms with Crippen LogP contribution < -0.4 is 0 Å². The molecule has 3 nitrogen and oxygen atoms in total. The third kappa shape index (κ3) is 2.18. The molecule has 3 N–H and O–H groups in total. The molecule has 0 bridgehead atoms. The van der Waals surface area contributed by atoms with Crippen LogP contribution in [0.5, 0.6) is 5.88 Å². The van der Waals surface area contributed by atoms with E-state index in [0.717, 1.165) is 22.0 Å². The molecule has 0 saturated heterocycles. The van der Waals surface area contributed by atoms with Gasteiger partial charge in [-0.15, -0.1) is 0 Å². The van der Waals surface area contributed by atoms with Crippen molar-refractivity contribution < 1.29 is 5.11 Å². The lowest BCUT2D eigenvalue weighted by Gasteiger charge is -2.05. The van der Waals surface area contributed by atoms with E-state index in [0.29, 0.717) is 12.1 Å². The Morgan fingerprint density at radius 3 is 2.55 bits per heavy atom. The van der Waals surface area contributed by atoms with E-state index in [1.54, 1.807) is 0 Å². The first kappa shape index (κ1) is 12.5. The lowest BCUT2D eigenvalue weighted by Crippen LogP contribution is -2.03. The summed E-state index contributed by atoms with van der Waals surface area (Å²) >= 11 is 0. The van der Waals surface area contributed by atoms with E-state index in [1.807, 2.05) is 55.5 Å². The number of aromatic nitrogens is 1. The number of rotatable bonds is 3. The van der Waals surface area contributed by atoms with Crippen LogP contribution in [0.1, 0.15) is 16.7 Å². The zero-order chi connectivity index (χ0) is 14.1. The molecule has 0 aliphatic heterocycles. The van der Waals surface area contributed by atoms with Gasteiger partial charge < -0.3 is 15.5 Å². The second-order valence-electron chi connectivity index (χ2n) is 5.02. The van der Waals surface area contributed by atoms with Crippen molar-refractivity contribution in [2.75, 3.05) is 0 Å². The standard InChI is InChI=1S/C17H16N2O/c1-11-6-8-12(9-7-11)15(18)10-14-13-4-2-3-5-16(13)19-17(14)20/h2-9,18-20H,10H2,1H3. The van der Waals surface area contributed by atoms with Crippen molar-refractivity contribution in [3.8, 4) is 5.88 Å². The van der Waals surface area contributed by atoms with E-state index in [9.17, 15) is 5.11 Å². The molecule has 3 aromatic rings. The van der Waals surface area contributed by atoms with Gasteiger partial charge in [0, 0.05) is 28.6 Å². The molecule has 1 heterocycles. The molecule has 0 atom stereocenters. The summed E-state index contributed by atoms with van der Waals surface area (Å²) in [6.07, 6.45) is 0.416. The van der Waals surface area contributed by atoms with Crippen LogP contribution in [-0.2, 0) is 6.42 Å². The molecular formula is C17H16N2O. The summed E-state index contributed by atoms with van der Waals surface area (Å²) in [4.78, 5) is 2.95. The molecule has 0 amide bonds. The number of para-hydroxylation sites is 1. The fourth-order valence-electron chi connectivity index (χ4n) is 2.40. The van der Waals surface area contributed by atoms with Gasteiger partial charge in [-0.3, -0.25) is 0 Å². The van der Waals surface area contributed by atoms with Crippen LogP contribution in [0.3, 0.4) is 0 Å². The number of aryl methyl sites for hydroxylation is 1. The zero-order valence-corrected chi connectivity index (χ0v) is 11.3. The Balaban J connectivity index is 1.95. The second-order valence-corrected chi connectivity index (χ2v) is 5.02. The fraction of sp³-hybridized carbons (Fsp3) is 0.118. The van der Waals surface area contributed by atoms with Crippen LogP contribution in [0.4, 0.5) is 0 Å². The topological polar surface area (TPSA) is 59.9 Å². The SMILES string of the molecule is Cc1ccc(C(=N)Cc2c(O)[nH]c3ccccc23)cc1. The Hall–Kier alpha value is -2.55. The molecule has 2 aromatic carbocycles. The first-order chi connectivity index (χ1) is 9.65. The van der Waals surface area contributed by atoms with Crippen molar-refractivity contribution in [3.63, 3.8) is 0 Å². The third-order valence-corrected chi connectivity index (χ3v) is 3.54. The van der Waals surface area contributed by atoms with Gasteiger partial charge in [0.05, 0.1) is 0 Å². The molecule has 0 spiro atoms. The van der Waals surface area contributed by atoms with Gasteiger partial charge in [-0.2, -0.15) is 0 Å². The first-order valence-electron chi connectivity index (χ1n) is 6.58. The van der Waals surface area contributed by atoms with Gasteiger partial charge in [0.1, 0.15) is 0 Å². The summed E-state index contributed by atoms with van der Waals surface area (Å²) in [6, 6.07) is 15.6. The lowest BCUT2D eigenvalue weighted by molar-refractivity contribution is 0.453. The number of hydrogen-bond donors (Lipinski definition) is 3. The van der Waals surface area contributed by atoms with E-state index in [2.05, 4.69) is 4.98 Å². The Labute approximate surface area is 117 Å². The maximum Gasteiger partial charge on any atom is 0.193 e. The Morgan fingerprint density at radius 1 is 1.10 bits per heavy atom. The number of aromatic hydroxyl groups is 1. The summed E-state index contributed by atoms with van der Waals surface area (Å²) in [5.41, 5.74) is 4.25. The maximum absolute atomic E-state index is 10.0. The molecule has 0 unspecified atom stereocenters. The lowest BCUT2D eigenvalue weighted by atomic mass is 10.0. The molecule has 100 valence electrons. The van der Waals surface area contributed by atoms with Crippen molar-refractivity contribution in [1.82, 2.24) is 4.98 Å². The van der Waals surface area contributed by atoms with Crippen LogP contribution in [0.2, 0.25) is 0 Å². The minimum atomic E-state index is 0.156. The molecular weight excluding hydrogens is 248 g/mol. The van der Waals surface area contributed by atoms with Crippen LogP contribution >= 0.6 is 0 Å². The minimum absolute atomic E-state index is 0.156. The Kier molecular flexibility index (Phi) is 3.03. The summed E-state index contributed by atoms with van der Waals surface area (Å²) < 4.78 is 0. The molecule has 0 fully saturated rings. The van der Waals surface area contributed by atoms with E-state index >= 15 is 0 Å². The van der Waals surface area contributed by atoms with Gasteiger partial charge in [-0.1, -0.05) is 48.0 Å². The van der Waals surface area contributed by atoms with E-state index < -0.39 is 0 Å². The van der Waals surface area contributed by atoms with Crippen LogP contribution in [0, 0.1) is 12.3 Å². The number of fused-ring (bicyclic) bond motifs is 1. The van der Waals surface area contributed by atoms with Crippen molar-refractivity contribution in [3.05, 3.63) is 65.2 Å². The van der Waals surface area contributed by atoms with E-state index in [1.165, 1.54) is 5.56 Å². The van der Waals surface area contributed by atoms with Gasteiger partial charge in [0.25, 0.3) is 0 Å². The largest absolute Gasteiger partial charge is 0.494 e. The average Bonchev–Trinajstić information content (AvgIpc) is 2.76.